The third kappa shape index (κ3) is 2.47. The van der Waals surface area contributed by atoms with Crippen LogP contribution in [-0.2, 0) is 0 Å². The van der Waals surface area contributed by atoms with Crippen LogP contribution in [0.3, 0.4) is 0 Å². The molecule has 1 aliphatic rings. The van der Waals surface area contributed by atoms with Crippen LogP contribution in [-0.4, -0.2) is 28.5 Å². The van der Waals surface area contributed by atoms with E-state index in [1.54, 1.807) is 6.07 Å². The number of likely N-dealkylation sites (tertiary alicyclic amines) is 1. The molecule has 0 spiro atoms. The highest BCUT2D eigenvalue weighted by molar-refractivity contribution is 6.29. The van der Waals surface area contributed by atoms with Crippen LogP contribution in [0, 0.1) is 6.92 Å². The van der Waals surface area contributed by atoms with Gasteiger partial charge in [0.2, 0.25) is 0 Å². The quantitative estimate of drug-likeness (QED) is 0.688. The molecule has 1 aliphatic heterocycles. The first-order valence-corrected chi connectivity index (χ1v) is 5.76. The first-order valence-electron chi connectivity index (χ1n) is 5.38. The maximum Gasteiger partial charge on any atom is 0.147 e. The Kier molecular flexibility index (Phi) is 3.22. The summed E-state index contributed by atoms with van der Waals surface area (Å²) in [4.78, 5) is 11.1. The Hall–Kier alpha value is -0.670. The van der Waals surface area contributed by atoms with E-state index in [2.05, 4.69) is 21.9 Å². The maximum absolute atomic E-state index is 5.95. The topological polar surface area (TPSA) is 29.0 Å². The SMILES string of the molecule is Cc1cc(Cl)nc([C@@H]2CCCCN2C)n1. The summed E-state index contributed by atoms with van der Waals surface area (Å²) in [6.45, 7) is 3.08. The van der Waals surface area contributed by atoms with Crippen LogP contribution >= 0.6 is 11.6 Å². The number of aryl methyl sites for hydroxylation is 1. The molecule has 1 aromatic rings. The third-order valence-corrected chi connectivity index (χ3v) is 3.10. The Morgan fingerprint density at radius 2 is 2.20 bits per heavy atom. The lowest BCUT2D eigenvalue weighted by Crippen LogP contribution is -2.31. The summed E-state index contributed by atoms with van der Waals surface area (Å²) < 4.78 is 0. The van der Waals surface area contributed by atoms with Gasteiger partial charge >= 0.3 is 0 Å². The monoisotopic (exact) mass is 225 g/mol. The smallest absolute Gasteiger partial charge is 0.147 e. The molecule has 0 N–H and O–H groups in total. The van der Waals surface area contributed by atoms with E-state index in [0.29, 0.717) is 11.2 Å². The lowest BCUT2D eigenvalue weighted by Gasteiger charge is -2.31. The van der Waals surface area contributed by atoms with Crippen LogP contribution in [0.5, 0.6) is 0 Å². The van der Waals surface area contributed by atoms with E-state index in [9.17, 15) is 0 Å². The van der Waals surface area contributed by atoms with E-state index in [-0.39, 0.29) is 0 Å². The summed E-state index contributed by atoms with van der Waals surface area (Å²) in [5, 5.41) is 0.552. The summed E-state index contributed by atoms with van der Waals surface area (Å²) in [7, 11) is 2.13. The molecule has 0 bridgehead atoms. The molecule has 1 atom stereocenters. The number of nitrogens with zero attached hydrogens (tertiary/aromatic N) is 3. The molecule has 0 aromatic carbocycles. The minimum atomic E-state index is 0.344. The minimum Gasteiger partial charge on any atom is -0.296 e. The average molecular weight is 226 g/mol. The molecule has 0 saturated carbocycles. The fourth-order valence-corrected chi connectivity index (χ4v) is 2.35. The molecule has 2 heterocycles. The van der Waals surface area contributed by atoms with Crippen molar-refractivity contribution in [3.8, 4) is 0 Å². The number of hydrogen-bond acceptors (Lipinski definition) is 3. The predicted molar refractivity (Wildman–Crippen MR) is 61.0 cm³/mol. The van der Waals surface area contributed by atoms with Gasteiger partial charge in [-0.3, -0.25) is 4.90 Å². The van der Waals surface area contributed by atoms with Crippen LogP contribution < -0.4 is 0 Å². The fraction of sp³-hybridized carbons (Fsp3) is 0.636. The molecule has 1 saturated heterocycles. The van der Waals surface area contributed by atoms with Gasteiger partial charge < -0.3 is 0 Å². The molecule has 0 unspecified atom stereocenters. The van der Waals surface area contributed by atoms with Crippen molar-refractivity contribution in [3.63, 3.8) is 0 Å². The summed E-state index contributed by atoms with van der Waals surface area (Å²) in [6.07, 6.45) is 3.66. The highest BCUT2D eigenvalue weighted by atomic mass is 35.5. The second-order valence-electron chi connectivity index (χ2n) is 4.18. The summed E-state index contributed by atoms with van der Waals surface area (Å²) in [5.74, 6) is 0.877. The van der Waals surface area contributed by atoms with E-state index < -0.39 is 0 Å². The molecule has 3 nitrogen and oxygen atoms in total. The second-order valence-corrected chi connectivity index (χ2v) is 4.57. The van der Waals surface area contributed by atoms with Gasteiger partial charge in [0.1, 0.15) is 11.0 Å². The number of halogens is 1. The Morgan fingerprint density at radius 1 is 1.40 bits per heavy atom. The van der Waals surface area contributed by atoms with E-state index in [1.165, 1.54) is 12.8 Å². The predicted octanol–water partition coefficient (Wildman–Crippen LogP) is 2.60. The van der Waals surface area contributed by atoms with Gasteiger partial charge in [-0.1, -0.05) is 18.0 Å². The Morgan fingerprint density at radius 3 is 2.87 bits per heavy atom. The molecule has 15 heavy (non-hydrogen) atoms. The Bertz CT molecular complexity index is 333. The number of piperidine rings is 1. The van der Waals surface area contributed by atoms with Gasteiger partial charge in [0.25, 0.3) is 0 Å². The van der Waals surface area contributed by atoms with Crippen molar-refractivity contribution in [3.05, 3.63) is 22.7 Å². The molecule has 0 aliphatic carbocycles. The highest BCUT2D eigenvalue weighted by Gasteiger charge is 2.23. The maximum atomic E-state index is 5.95. The lowest BCUT2D eigenvalue weighted by atomic mass is 10.0. The Balaban J connectivity index is 2.27. The zero-order chi connectivity index (χ0) is 10.8. The van der Waals surface area contributed by atoms with Crippen molar-refractivity contribution in [2.24, 2.45) is 0 Å². The largest absolute Gasteiger partial charge is 0.296 e. The van der Waals surface area contributed by atoms with Crippen LogP contribution in [0.4, 0.5) is 0 Å². The van der Waals surface area contributed by atoms with Crippen LogP contribution in [0.15, 0.2) is 6.07 Å². The van der Waals surface area contributed by atoms with E-state index in [4.69, 9.17) is 11.6 Å². The Labute approximate surface area is 95.5 Å². The van der Waals surface area contributed by atoms with Gasteiger partial charge in [-0.25, -0.2) is 9.97 Å². The molecule has 1 fully saturated rings. The summed E-state index contributed by atoms with van der Waals surface area (Å²) in [5.41, 5.74) is 0.948. The zero-order valence-corrected chi connectivity index (χ0v) is 9.96. The average Bonchev–Trinajstić information content (AvgIpc) is 2.16. The van der Waals surface area contributed by atoms with Crippen molar-refractivity contribution in [1.82, 2.24) is 14.9 Å². The highest BCUT2D eigenvalue weighted by Crippen LogP contribution is 2.27. The molecule has 82 valence electrons. The lowest BCUT2D eigenvalue weighted by molar-refractivity contribution is 0.179. The standard InChI is InChI=1S/C11H16ClN3/c1-8-7-10(12)14-11(13-8)9-5-3-4-6-15(9)2/h7,9H,3-6H2,1-2H3/t9-/m0/s1. The van der Waals surface area contributed by atoms with E-state index in [0.717, 1.165) is 24.5 Å². The molecular weight excluding hydrogens is 210 g/mol. The summed E-state index contributed by atoms with van der Waals surface area (Å²) in [6, 6.07) is 2.14. The van der Waals surface area contributed by atoms with Crippen molar-refractivity contribution in [1.29, 1.82) is 0 Å². The fourth-order valence-electron chi connectivity index (χ4n) is 2.10. The normalized spacial score (nSPS) is 23.0. The van der Waals surface area contributed by atoms with Gasteiger partial charge in [-0.05, 0) is 39.4 Å². The van der Waals surface area contributed by atoms with Crippen LogP contribution in [0.1, 0.15) is 36.8 Å². The number of hydrogen-bond donors (Lipinski definition) is 0. The van der Waals surface area contributed by atoms with Gasteiger partial charge in [-0.2, -0.15) is 0 Å². The van der Waals surface area contributed by atoms with Crippen molar-refractivity contribution in [2.75, 3.05) is 13.6 Å². The minimum absolute atomic E-state index is 0.344. The van der Waals surface area contributed by atoms with Crippen molar-refractivity contribution >= 4 is 11.6 Å². The zero-order valence-electron chi connectivity index (χ0n) is 9.20. The van der Waals surface area contributed by atoms with Crippen LogP contribution in [0.25, 0.3) is 0 Å². The molecular formula is C11H16ClN3. The molecule has 0 amide bonds. The summed E-state index contributed by atoms with van der Waals surface area (Å²) >= 11 is 5.95. The van der Waals surface area contributed by atoms with Crippen molar-refractivity contribution < 1.29 is 0 Å². The first kappa shape index (κ1) is 10.8. The van der Waals surface area contributed by atoms with E-state index in [1.807, 2.05) is 6.92 Å². The number of rotatable bonds is 1. The van der Waals surface area contributed by atoms with E-state index >= 15 is 0 Å². The molecule has 2 rings (SSSR count). The number of aromatic nitrogens is 2. The van der Waals surface area contributed by atoms with Gasteiger partial charge in [0.05, 0.1) is 6.04 Å². The molecule has 1 aromatic heterocycles. The molecule has 0 radical (unpaired) electrons. The van der Waals surface area contributed by atoms with Gasteiger partial charge in [0.15, 0.2) is 0 Å². The first-order chi connectivity index (χ1) is 7.16. The molecule has 4 heteroatoms. The van der Waals surface area contributed by atoms with Gasteiger partial charge in [-0.15, -0.1) is 0 Å². The third-order valence-electron chi connectivity index (χ3n) is 2.91. The van der Waals surface area contributed by atoms with Gasteiger partial charge in [0, 0.05) is 5.69 Å². The second kappa shape index (κ2) is 4.45. The van der Waals surface area contributed by atoms with Crippen molar-refractivity contribution in [2.45, 2.75) is 32.2 Å². The van der Waals surface area contributed by atoms with Crippen LogP contribution in [0.2, 0.25) is 5.15 Å².